The van der Waals surface area contributed by atoms with Crippen LogP contribution in [0.3, 0.4) is 0 Å². The summed E-state index contributed by atoms with van der Waals surface area (Å²) in [7, 11) is 0. The Morgan fingerprint density at radius 3 is 2.25 bits per heavy atom. The lowest BCUT2D eigenvalue weighted by Crippen LogP contribution is -2.31. The molecule has 0 saturated carbocycles. The van der Waals surface area contributed by atoms with Crippen LogP contribution in [-0.4, -0.2) is 27.5 Å². The molecule has 1 nitrogen and oxygen atoms in total. The molecule has 0 spiro atoms. The van der Waals surface area contributed by atoms with Crippen molar-refractivity contribution in [3.05, 3.63) is 0 Å². The summed E-state index contributed by atoms with van der Waals surface area (Å²) in [6.07, 6.45) is 0. The van der Waals surface area contributed by atoms with Gasteiger partial charge in [0.2, 0.25) is 5.04 Å². The van der Waals surface area contributed by atoms with Gasteiger partial charge in [-0.3, -0.25) is 0 Å². The van der Waals surface area contributed by atoms with Gasteiger partial charge < -0.3 is 0 Å². The standard InChI is InChI=1S/C10H20NS/c1-7(2)10-11(8(3)4)9(5)6-12-10/h7-9H,6H2,1-5H3/q+1/t9-/m1/s1. The molecule has 0 aromatic heterocycles. The van der Waals surface area contributed by atoms with E-state index in [0.29, 0.717) is 12.0 Å². The first-order valence-electron chi connectivity index (χ1n) is 4.82. The third-order valence-electron chi connectivity index (χ3n) is 2.25. The van der Waals surface area contributed by atoms with Gasteiger partial charge in [-0.15, -0.1) is 0 Å². The lowest BCUT2D eigenvalue weighted by atomic mass is 10.2. The van der Waals surface area contributed by atoms with E-state index in [4.69, 9.17) is 0 Å². The average molecular weight is 186 g/mol. The van der Waals surface area contributed by atoms with Crippen molar-refractivity contribution in [1.82, 2.24) is 0 Å². The Morgan fingerprint density at radius 2 is 1.92 bits per heavy atom. The highest BCUT2D eigenvalue weighted by molar-refractivity contribution is 8.13. The van der Waals surface area contributed by atoms with E-state index in [-0.39, 0.29) is 0 Å². The van der Waals surface area contributed by atoms with E-state index in [1.807, 2.05) is 11.8 Å². The second kappa shape index (κ2) is 3.82. The largest absolute Gasteiger partial charge is 0.222 e. The van der Waals surface area contributed by atoms with Crippen molar-refractivity contribution in [2.24, 2.45) is 5.92 Å². The van der Waals surface area contributed by atoms with E-state index < -0.39 is 0 Å². The zero-order valence-electron chi connectivity index (χ0n) is 8.79. The summed E-state index contributed by atoms with van der Waals surface area (Å²) >= 11 is 2.04. The van der Waals surface area contributed by atoms with Crippen molar-refractivity contribution in [3.8, 4) is 0 Å². The normalized spacial score (nSPS) is 24.8. The fourth-order valence-corrected chi connectivity index (χ4v) is 3.25. The maximum absolute atomic E-state index is 2.56. The van der Waals surface area contributed by atoms with Crippen molar-refractivity contribution in [3.63, 3.8) is 0 Å². The summed E-state index contributed by atoms with van der Waals surface area (Å²) in [4.78, 5) is 0. The van der Waals surface area contributed by atoms with Gasteiger partial charge in [0.1, 0.15) is 6.04 Å². The molecule has 0 bridgehead atoms. The summed E-state index contributed by atoms with van der Waals surface area (Å²) in [6, 6.07) is 1.39. The van der Waals surface area contributed by atoms with Crippen molar-refractivity contribution in [2.75, 3.05) is 5.75 Å². The highest BCUT2D eigenvalue weighted by Gasteiger charge is 2.33. The van der Waals surface area contributed by atoms with Crippen LogP contribution in [0.25, 0.3) is 0 Å². The third-order valence-corrected chi connectivity index (χ3v) is 3.88. The number of thioether (sulfide) groups is 1. The van der Waals surface area contributed by atoms with Crippen LogP contribution in [0.4, 0.5) is 0 Å². The smallest absolute Gasteiger partial charge is 0.213 e. The minimum atomic E-state index is 0.660. The molecule has 0 radical (unpaired) electrons. The Balaban J connectivity index is 2.90. The first-order valence-corrected chi connectivity index (χ1v) is 5.80. The third kappa shape index (κ3) is 1.85. The van der Waals surface area contributed by atoms with Gasteiger partial charge in [0.05, 0.1) is 5.75 Å². The van der Waals surface area contributed by atoms with E-state index in [9.17, 15) is 0 Å². The van der Waals surface area contributed by atoms with E-state index in [2.05, 4.69) is 39.2 Å². The van der Waals surface area contributed by atoms with Gasteiger partial charge in [-0.1, -0.05) is 25.6 Å². The predicted octanol–water partition coefficient (Wildman–Crippen LogP) is 2.60. The van der Waals surface area contributed by atoms with Crippen molar-refractivity contribution < 1.29 is 4.58 Å². The molecule has 0 unspecified atom stereocenters. The molecule has 12 heavy (non-hydrogen) atoms. The van der Waals surface area contributed by atoms with Crippen LogP contribution >= 0.6 is 11.8 Å². The first-order chi connectivity index (χ1) is 5.54. The number of hydrogen-bond donors (Lipinski definition) is 0. The monoisotopic (exact) mass is 186 g/mol. The average Bonchev–Trinajstić information content (AvgIpc) is 2.30. The van der Waals surface area contributed by atoms with Crippen LogP contribution < -0.4 is 0 Å². The Bertz CT molecular complexity index is 194. The van der Waals surface area contributed by atoms with Crippen molar-refractivity contribution in [2.45, 2.75) is 46.7 Å². The van der Waals surface area contributed by atoms with E-state index >= 15 is 0 Å². The van der Waals surface area contributed by atoms with Crippen LogP contribution in [0.5, 0.6) is 0 Å². The van der Waals surface area contributed by atoms with E-state index in [1.165, 1.54) is 5.75 Å². The molecule has 0 amide bonds. The molecule has 1 aliphatic heterocycles. The minimum Gasteiger partial charge on any atom is -0.222 e. The highest BCUT2D eigenvalue weighted by Crippen LogP contribution is 2.24. The molecule has 1 rings (SSSR count). The second-order valence-electron chi connectivity index (χ2n) is 4.15. The predicted molar refractivity (Wildman–Crippen MR) is 57.2 cm³/mol. The van der Waals surface area contributed by atoms with Gasteiger partial charge in [0.25, 0.3) is 0 Å². The van der Waals surface area contributed by atoms with Crippen LogP contribution in [-0.2, 0) is 0 Å². The molecular weight excluding hydrogens is 166 g/mol. The van der Waals surface area contributed by atoms with Crippen LogP contribution in [0.15, 0.2) is 0 Å². The van der Waals surface area contributed by atoms with Gasteiger partial charge in [-0.05, 0) is 20.8 Å². The molecule has 0 aliphatic carbocycles. The molecular formula is C10H20NS+. The minimum absolute atomic E-state index is 0.660. The molecule has 0 aromatic carbocycles. The second-order valence-corrected chi connectivity index (χ2v) is 5.19. The maximum Gasteiger partial charge on any atom is 0.213 e. The molecule has 0 aromatic rings. The molecule has 1 heterocycles. The van der Waals surface area contributed by atoms with Gasteiger partial charge in [0.15, 0.2) is 6.04 Å². The summed E-state index contributed by atoms with van der Waals surface area (Å²) in [5.41, 5.74) is 0. The van der Waals surface area contributed by atoms with Crippen LogP contribution in [0, 0.1) is 5.92 Å². The molecule has 1 aliphatic rings. The Kier molecular flexibility index (Phi) is 3.22. The molecule has 2 heteroatoms. The van der Waals surface area contributed by atoms with Gasteiger partial charge in [-0.25, -0.2) is 4.58 Å². The van der Waals surface area contributed by atoms with E-state index in [1.54, 1.807) is 5.04 Å². The fourth-order valence-electron chi connectivity index (χ4n) is 1.81. The lowest BCUT2D eigenvalue weighted by Gasteiger charge is -2.10. The summed E-state index contributed by atoms with van der Waals surface area (Å²) < 4.78 is 2.56. The van der Waals surface area contributed by atoms with E-state index in [0.717, 1.165) is 6.04 Å². The number of rotatable bonds is 2. The number of hydrogen-bond acceptors (Lipinski definition) is 1. The van der Waals surface area contributed by atoms with Crippen LogP contribution in [0.2, 0.25) is 0 Å². The highest BCUT2D eigenvalue weighted by atomic mass is 32.2. The summed E-state index contributed by atoms with van der Waals surface area (Å²) in [5, 5.41) is 1.58. The molecule has 1 atom stereocenters. The molecule has 70 valence electrons. The lowest BCUT2D eigenvalue weighted by molar-refractivity contribution is -0.582. The summed E-state index contributed by atoms with van der Waals surface area (Å²) in [6.45, 7) is 11.5. The quantitative estimate of drug-likeness (QED) is 0.599. The topological polar surface area (TPSA) is 3.01 Å². The Morgan fingerprint density at radius 1 is 1.33 bits per heavy atom. The maximum atomic E-state index is 2.56. The van der Waals surface area contributed by atoms with Gasteiger partial charge in [0, 0.05) is 5.92 Å². The van der Waals surface area contributed by atoms with Crippen molar-refractivity contribution in [1.29, 1.82) is 0 Å². The molecule has 0 fully saturated rings. The fraction of sp³-hybridized carbons (Fsp3) is 0.900. The first kappa shape index (κ1) is 10.1. The summed E-state index contributed by atoms with van der Waals surface area (Å²) in [5.74, 6) is 1.97. The zero-order chi connectivity index (χ0) is 9.30. The number of nitrogens with zero attached hydrogens (tertiary/aromatic N) is 1. The molecule has 0 N–H and O–H groups in total. The SMILES string of the molecule is CC(C)C1=[N+](C(C)C)[C@H](C)CS1. The molecule has 0 saturated heterocycles. The van der Waals surface area contributed by atoms with Gasteiger partial charge >= 0.3 is 0 Å². The van der Waals surface area contributed by atoms with Crippen molar-refractivity contribution >= 4 is 16.8 Å². The Labute approximate surface area is 80.2 Å². The van der Waals surface area contributed by atoms with Gasteiger partial charge in [-0.2, -0.15) is 0 Å². The van der Waals surface area contributed by atoms with Crippen LogP contribution in [0.1, 0.15) is 34.6 Å². The zero-order valence-corrected chi connectivity index (χ0v) is 9.61. The Hall–Kier alpha value is 0.0200.